The number of Topliss-reactive ketones (excluding diaryl/α,β-unsaturated/α-hetero) is 1. The Morgan fingerprint density at radius 3 is 2.54 bits per heavy atom. The van der Waals surface area contributed by atoms with E-state index in [9.17, 15) is 10.1 Å². The Morgan fingerprint density at radius 1 is 1.11 bits per heavy atom. The SMILES string of the molecule is C[C@H]1C[C@@H](CC(=O)CC2CN(C)C2)CN(c2ccc(C#N)c3nccnc23)C1. The van der Waals surface area contributed by atoms with E-state index in [1.165, 1.54) is 0 Å². The molecule has 2 aliphatic heterocycles. The molecule has 28 heavy (non-hydrogen) atoms. The van der Waals surface area contributed by atoms with Crippen LogP contribution >= 0.6 is 0 Å². The van der Waals surface area contributed by atoms with Crippen molar-refractivity contribution in [3.63, 3.8) is 0 Å². The lowest BCUT2D eigenvalue weighted by Gasteiger charge is -2.39. The molecule has 2 saturated heterocycles. The summed E-state index contributed by atoms with van der Waals surface area (Å²) in [6.07, 6.45) is 5.79. The van der Waals surface area contributed by atoms with Crippen LogP contribution in [0.15, 0.2) is 24.5 Å². The van der Waals surface area contributed by atoms with Crippen LogP contribution in [0.25, 0.3) is 11.0 Å². The fourth-order valence-corrected chi connectivity index (χ4v) is 4.90. The molecule has 0 spiro atoms. The average molecular weight is 377 g/mol. The zero-order valence-electron chi connectivity index (χ0n) is 16.6. The van der Waals surface area contributed by atoms with Crippen LogP contribution in [0.5, 0.6) is 0 Å². The van der Waals surface area contributed by atoms with E-state index >= 15 is 0 Å². The Morgan fingerprint density at radius 2 is 1.82 bits per heavy atom. The highest BCUT2D eigenvalue weighted by atomic mass is 16.1. The fourth-order valence-electron chi connectivity index (χ4n) is 4.90. The number of anilines is 1. The average Bonchev–Trinajstić information content (AvgIpc) is 2.65. The van der Waals surface area contributed by atoms with E-state index < -0.39 is 0 Å². The van der Waals surface area contributed by atoms with Crippen molar-refractivity contribution in [2.75, 3.05) is 38.1 Å². The molecule has 2 aromatic rings. The summed E-state index contributed by atoms with van der Waals surface area (Å²) in [5, 5.41) is 9.36. The van der Waals surface area contributed by atoms with Gasteiger partial charge in [-0.2, -0.15) is 5.26 Å². The van der Waals surface area contributed by atoms with E-state index in [2.05, 4.69) is 39.8 Å². The van der Waals surface area contributed by atoms with Crippen molar-refractivity contribution in [3.05, 3.63) is 30.1 Å². The first-order chi connectivity index (χ1) is 13.5. The number of likely N-dealkylation sites (tertiary alicyclic amines) is 1. The highest BCUT2D eigenvalue weighted by molar-refractivity contribution is 5.92. The van der Waals surface area contributed by atoms with Crippen molar-refractivity contribution < 1.29 is 4.79 Å². The predicted molar refractivity (Wildman–Crippen MR) is 109 cm³/mol. The molecular weight excluding hydrogens is 350 g/mol. The number of nitrogens with zero attached hydrogens (tertiary/aromatic N) is 5. The number of benzene rings is 1. The quantitative estimate of drug-likeness (QED) is 0.798. The van der Waals surface area contributed by atoms with Crippen LogP contribution in [0.4, 0.5) is 5.69 Å². The first-order valence-corrected chi connectivity index (χ1v) is 10.1. The monoisotopic (exact) mass is 377 g/mol. The molecule has 0 radical (unpaired) electrons. The molecule has 0 saturated carbocycles. The molecule has 0 amide bonds. The number of piperidine rings is 1. The lowest BCUT2D eigenvalue weighted by molar-refractivity contribution is -0.122. The second-order valence-corrected chi connectivity index (χ2v) is 8.64. The second-order valence-electron chi connectivity index (χ2n) is 8.64. The maximum atomic E-state index is 12.6. The lowest BCUT2D eigenvalue weighted by Crippen LogP contribution is -2.45. The summed E-state index contributed by atoms with van der Waals surface area (Å²) in [5.41, 5.74) is 3.00. The van der Waals surface area contributed by atoms with Gasteiger partial charge in [-0.3, -0.25) is 14.8 Å². The van der Waals surface area contributed by atoms with Gasteiger partial charge in [0.1, 0.15) is 22.9 Å². The normalized spacial score (nSPS) is 23.4. The summed E-state index contributed by atoms with van der Waals surface area (Å²) in [5.74, 6) is 1.84. The van der Waals surface area contributed by atoms with Crippen molar-refractivity contribution in [2.24, 2.45) is 17.8 Å². The van der Waals surface area contributed by atoms with E-state index in [1.54, 1.807) is 12.4 Å². The molecule has 1 aromatic carbocycles. The number of ketones is 1. The maximum absolute atomic E-state index is 12.6. The third-order valence-electron chi connectivity index (χ3n) is 5.98. The van der Waals surface area contributed by atoms with Gasteiger partial charge in [0.05, 0.1) is 11.3 Å². The maximum Gasteiger partial charge on any atom is 0.133 e. The van der Waals surface area contributed by atoms with Gasteiger partial charge in [0.25, 0.3) is 0 Å². The van der Waals surface area contributed by atoms with E-state index in [-0.39, 0.29) is 0 Å². The van der Waals surface area contributed by atoms with Crippen LogP contribution in [-0.4, -0.2) is 53.9 Å². The topological polar surface area (TPSA) is 73.1 Å². The number of carbonyl (C=O) groups excluding carboxylic acids is 1. The molecule has 0 bridgehead atoms. The Kier molecular flexibility index (Phi) is 5.27. The minimum Gasteiger partial charge on any atom is -0.369 e. The second kappa shape index (κ2) is 7.84. The number of fused-ring (bicyclic) bond motifs is 1. The molecule has 0 N–H and O–H groups in total. The summed E-state index contributed by atoms with van der Waals surface area (Å²) < 4.78 is 0. The number of rotatable bonds is 5. The van der Waals surface area contributed by atoms with Gasteiger partial charge in [-0.05, 0) is 43.4 Å². The molecule has 146 valence electrons. The van der Waals surface area contributed by atoms with Crippen molar-refractivity contribution in [2.45, 2.75) is 26.2 Å². The molecule has 2 fully saturated rings. The third-order valence-corrected chi connectivity index (χ3v) is 5.98. The summed E-state index contributed by atoms with van der Waals surface area (Å²) >= 11 is 0. The molecular formula is C22H27N5O. The van der Waals surface area contributed by atoms with Crippen LogP contribution in [0.3, 0.4) is 0 Å². The van der Waals surface area contributed by atoms with E-state index in [1.807, 2.05) is 12.1 Å². The zero-order valence-corrected chi connectivity index (χ0v) is 16.6. The Bertz CT molecular complexity index is 915. The van der Waals surface area contributed by atoms with Crippen LogP contribution in [0.2, 0.25) is 0 Å². The number of aromatic nitrogens is 2. The number of nitriles is 1. The largest absolute Gasteiger partial charge is 0.369 e. The lowest BCUT2D eigenvalue weighted by atomic mass is 9.84. The van der Waals surface area contributed by atoms with Crippen LogP contribution < -0.4 is 4.90 Å². The predicted octanol–water partition coefficient (Wildman–Crippen LogP) is 2.87. The highest BCUT2D eigenvalue weighted by Gasteiger charge is 2.30. The summed E-state index contributed by atoms with van der Waals surface area (Å²) in [4.78, 5) is 26.1. The Labute approximate surface area is 166 Å². The van der Waals surface area contributed by atoms with Gasteiger partial charge in [-0.15, -0.1) is 0 Å². The van der Waals surface area contributed by atoms with Crippen LogP contribution in [0, 0.1) is 29.1 Å². The van der Waals surface area contributed by atoms with E-state index in [0.29, 0.717) is 41.0 Å². The first-order valence-electron chi connectivity index (χ1n) is 10.1. The molecule has 6 heteroatoms. The van der Waals surface area contributed by atoms with Gasteiger partial charge in [-0.25, -0.2) is 0 Å². The van der Waals surface area contributed by atoms with Crippen molar-refractivity contribution in [1.29, 1.82) is 5.26 Å². The van der Waals surface area contributed by atoms with Crippen molar-refractivity contribution in [1.82, 2.24) is 14.9 Å². The zero-order chi connectivity index (χ0) is 19.7. The molecule has 1 aromatic heterocycles. The molecule has 6 nitrogen and oxygen atoms in total. The highest BCUT2D eigenvalue weighted by Crippen LogP contribution is 2.33. The van der Waals surface area contributed by atoms with Crippen molar-refractivity contribution >= 4 is 22.5 Å². The Balaban J connectivity index is 1.50. The molecule has 2 aliphatic rings. The van der Waals surface area contributed by atoms with Gasteiger partial charge in [0.15, 0.2) is 0 Å². The Hall–Kier alpha value is -2.52. The molecule has 0 aliphatic carbocycles. The number of hydrogen-bond donors (Lipinski definition) is 0. The van der Waals surface area contributed by atoms with Gasteiger partial charge < -0.3 is 9.80 Å². The standard InChI is InChI=1S/C22H27N5O/c1-15-7-16(8-19(28)9-17-12-26(2)13-17)14-27(11-15)20-4-3-18(10-23)21-22(20)25-6-5-24-21/h3-6,15-17H,7-9,11-14H2,1-2H3/t15-,16-/m0/s1. The molecule has 3 heterocycles. The minimum atomic E-state index is 0.372. The number of carbonyl (C=O) groups is 1. The van der Waals surface area contributed by atoms with Crippen molar-refractivity contribution in [3.8, 4) is 6.07 Å². The molecule has 2 atom stereocenters. The molecule has 4 rings (SSSR count). The summed E-state index contributed by atoms with van der Waals surface area (Å²) in [7, 11) is 2.10. The molecule has 0 unspecified atom stereocenters. The van der Waals surface area contributed by atoms with Gasteiger partial charge in [0.2, 0.25) is 0 Å². The first kappa shape index (κ1) is 18.8. The van der Waals surface area contributed by atoms with E-state index in [4.69, 9.17) is 0 Å². The third kappa shape index (κ3) is 3.85. The van der Waals surface area contributed by atoms with Gasteiger partial charge in [-0.1, -0.05) is 6.92 Å². The summed E-state index contributed by atoms with van der Waals surface area (Å²) in [6.45, 7) is 6.15. The van der Waals surface area contributed by atoms with E-state index in [0.717, 1.165) is 50.2 Å². The van der Waals surface area contributed by atoms with Crippen LogP contribution in [-0.2, 0) is 4.79 Å². The van der Waals surface area contributed by atoms with Gasteiger partial charge >= 0.3 is 0 Å². The fraction of sp³-hybridized carbons (Fsp3) is 0.545. The van der Waals surface area contributed by atoms with Crippen LogP contribution in [0.1, 0.15) is 31.7 Å². The smallest absolute Gasteiger partial charge is 0.133 e. The van der Waals surface area contributed by atoms with Gasteiger partial charge in [0, 0.05) is 51.4 Å². The minimum absolute atomic E-state index is 0.372. The number of hydrogen-bond acceptors (Lipinski definition) is 6. The summed E-state index contributed by atoms with van der Waals surface area (Å²) in [6, 6.07) is 6.02.